The maximum Gasteiger partial charge on any atom is 0.348 e. The molecule has 2 unspecified atom stereocenters. The van der Waals surface area contributed by atoms with Crippen molar-refractivity contribution in [3.05, 3.63) is 0 Å². The molecule has 9 heteroatoms. The summed E-state index contributed by atoms with van der Waals surface area (Å²) in [6.45, 7) is 3.54. The van der Waals surface area contributed by atoms with Gasteiger partial charge in [0.1, 0.15) is 0 Å². The van der Waals surface area contributed by atoms with Gasteiger partial charge in [-0.05, 0) is 6.42 Å². The van der Waals surface area contributed by atoms with E-state index in [1.54, 1.807) is 9.34 Å². The first-order chi connectivity index (χ1) is 9.13. The molecular formula is C10H21Cl2N2O4P. The van der Waals surface area contributed by atoms with Crippen molar-refractivity contribution in [2.24, 2.45) is 0 Å². The Morgan fingerprint density at radius 3 is 2.58 bits per heavy atom. The van der Waals surface area contributed by atoms with Crippen LogP contribution < -0.4 is 0 Å². The van der Waals surface area contributed by atoms with Gasteiger partial charge in [0.25, 0.3) is 0 Å². The minimum Gasteiger partial charge on any atom is -0.306 e. The van der Waals surface area contributed by atoms with Gasteiger partial charge in [-0.3, -0.25) is 9.82 Å². The van der Waals surface area contributed by atoms with Crippen LogP contribution in [0.15, 0.2) is 0 Å². The largest absolute Gasteiger partial charge is 0.348 e. The molecule has 0 saturated carbocycles. The Morgan fingerprint density at radius 1 is 1.47 bits per heavy atom. The highest BCUT2D eigenvalue weighted by molar-refractivity contribution is 7.54. The standard InChI is InChI=1S/C10H21Cl2N2O4P/c1-2-6-14-10(18-15)3-9-17-19(14,16)13(7-4-11)8-5-12/h10,15H,2-9H2,1H3. The van der Waals surface area contributed by atoms with E-state index in [-0.39, 0.29) is 6.61 Å². The van der Waals surface area contributed by atoms with E-state index in [0.717, 1.165) is 6.42 Å². The molecule has 2 atom stereocenters. The number of hydrogen-bond acceptors (Lipinski definition) is 4. The van der Waals surface area contributed by atoms with Crippen LogP contribution in [0.4, 0.5) is 0 Å². The minimum atomic E-state index is -3.24. The van der Waals surface area contributed by atoms with E-state index in [1.807, 2.05) is 6.92 Å². The topological polar surface area (TPSA) is 62.2 Å². The van der Waals surface area contributed by atoms with Crippen molar-refractivity contribution in [2.75, 3.05) is 38.0 Å². The Labute approximate surface area is 124 Å². The summed E-state index contributed by atoms with van der Waals surface area (Å²) < 4.78 is 21.9. The van der Waals surface area contributed by atoms with Crippen LogP contribution in [0, 0.1) is 0 Å². The zero-order valence-electron chi connectivity index (χ0n) is 11.0. The molecule has 0 spiro atoms. The zero-order valence-corrected chi connectivity index (χ0v) is 13.4. The summed E-state index contributed by atoms with van der Waals surface area (Å²) in [5.41, 5.74) is 0. The molecule has 114 valence electrons. The molecule has 1 rings (SSSR count). The lowest BCUT2D eigenvalue weighted by Gasteiger charge is -2.43. The van der Waals surface area contributed by atoms with Gasteiger partial charge in [-0.1, -0.05) is 6.92 Å². The molecule has 1 aliphatic heterocycles. The fraction of sp³-hybridized carbons (Fsp3) is 1.00. The van der Waals surface area contributed by atoms with Crippen molar-refractivity contribution >= 4 is 30.9 Å². The van der Waals surface area contributed by atoms with Gasteiger partial charge in [-0.25, -0.2) is 9.56 Å². The van der Waals surface area contributed by atoms with Crippen LogP contribution in [0.2, 0.25) is 0 Å². The fourth-order valence-electron chi connectivity index (χ4n) is 2.07. The van der Waals surface area contributed by atoms with Gasteiger partial charge in [-0.15, -0.1) is 23.2 Å². The van der Waals surface area contributed by atoms with Crippen molar-refractivity contribution in [1.82, 2.24) is 9.34 Å². The van der Waals surface area contributed by atoms with Gasteiger partial charge in [0, 0.05) is 37.8 Å². The van der Waals surface area contributed by atoms with Crippen LogP contribution >= 0.6 is 30.9 Å². The third kappa shape index (κ3) is 4.29. The Kier molecular flexibility index (Phi) is 8.18. The molecule has 1 N–H and O–H groups in total. The lowest BCUT2D eigenvalue weighted by Crippen LogP contribution is -2.45. The van der Waals surface area contributed by atoms with Crippen molar-refractivity contribution < 1.29 is 19.2 Å². The minimum absolute atomic E-state index is 0.268. The second-order valence-electron chi connectivity index (χ2n) is 4.17. The van der Waals surface area contributed by atoms with Gasteiger partial charge in [0.2, 0.25) is 0 Å². The molecule has 6 nitrogen and oxygen atoms in total. The average Bonchev–Trinajstić information content (AvgIpc) is 2.41. The van der Waals surface area contributed by atoms with Crippen LogP contribution in [-0.2, 0) is 14.0 Å². The maximum atomic E-state index is 13.1. The number of nitrogens with zero attached hydrogens (tertiary/aromatic N) is 2. The molecule has 1 saturated heterocycles. The molecule has 1 heterocycles. The zero-order chi connectivity index (χ0) is 14.3. The lowest BCUT2D eigenvalue weighted by molar-refractivity contribution is -0.309. The first-order valence-corrected chi connectivity index (χ1v) is 8.93. The lowest BCUT2D eigenvalue weighted by atomic mass is 10.4. The Bertz CT molecular complexity index is 305. The van der Waals surface area contributed by atoms with Crippen LogP contribution in [0.25, 0.3) is 0 Å². The molecule has 0 aromatic heterocycles. The third-order valence-electron chi connectivity index (χ3n) is 2.90. The smallest absolute Gasteiger partial charge is 0.306 e. The monoisotopic (exact) mass is 334 g/mol. The van der Waals surface area contributed by atoms with E-state index in [0.29, 0.717) is 37.8 Å². The van der Waals surface area contributed by atoms with E-state index < -0.39 is 13.9 Å². The first-order valence-electron chi connectivity index (χ1n) is 6.33. The van der Waals surface area contributed by atoms with Crippen molar-refractivity contribution in [2.45, 2.75) is 26.0 Å². The van der Waals surface area contributed by atoms with E-state index in [9.17, 15) is 4.57 Å². The van der Waals surface area contributed by atoms with Crippen LogP contribution in [0.3, 0.4) is 0 Å². The number of hydrogen-bond donors (Lipinski definition) is 1. The highest BCUT2D eigenvalue weighted by Gasteiger charge is 2.45. The summed E-state index contributed by atoms with van der Waals surface area (Å²) in [6.07, 6.45) is 0.617. The SMILES string of the molecule is CCCN1C(OO)CCOP1(=O)N(CCCl)CCCl. The van der Waals surface area contributed by atoms with Crippen molar-refractivity contribution in [3.8, 4) is 0 Å². The summed E-state index contributed by atoms with van der Waals surface area (Å²) in [7, 11) is -3.24. The quantitative estimate of drug-likeness (QED) is 0.319. The maximum absolute atomic E-state index is 13.1. The molecule has 1 aliphatic rings. The highest BCUT2D eigenvalue weighted by atomic mass is 35.5. The molecule has 19 heavy (non-hydrogen) atoms. The predicted octanol–water partition coefficient (Wildman–Crippen LogP) is 2.82. The fourth-order valence-corrected chi connectivity index (χ4v) is 5.33. The summed E-state index contributed by atoms with van der Waals surface area (Å²) in [6, 6.07) is 0. The van der Waals surface area contributed by atoms with Crippen LogP contribution in [0.5, 0.6) is 0 Å². The molecule has 0 amide bonds. The van der Waals surface area contributed by atoms with E-state index in [2.05, 4.69) is 4.89 Å². The molecule has 0 aliphatic carbocycles. The van der Waals surface area contributed by atoms with Crippen molar-refractivity contribution in [1.29, 1.82) is 0 Å². The number of alkyl halides is 2. The summed E-state index contributed by atoms with van der Waals surface area (Å²) >= 11 is 11.5. The molecule has 0 aromatic carbocycles. The third-order valence-corrected chi connectivity index (χ3v) is 5.98. The number of halogens is 2. The first kappa shape index (κ1) is 17.7. The van der Waals surface area contributed by atoms with Gasteiger partial charge in [0.05, 0.1) is 6.61 Å². The van der Waals surface area contributed by atoms with Gasteiger partial charge in [0.15, 0.2) is 6.23 Å². The van der Waals surface area contributed by atoms with Gasteiger partial charge >= 0.3 is 7.67 Å². The Balaban J connectivity index is 2.96. The highest BCUT2D eigenvalue weighted by Crippen LogP contribution is 2.58. The number of rotatable bonds is 8. The Morgan fingerprint density at radius 2 is 2.11 bits per heavy atom. The molecule has 0 aromatic rings. The van der Waals surface area contributed by atoms with Gasteiger partial charge in [-0.2, -0.15) is 4.67 Å². The van der Waals surface area contributed by atoms with Gasteiger partial charge < -0.3 is 4.52 Å². The predicted molar refractivity (Wildman–Crippen MR) is 75.7 cm³/mol. The van der Waals surface area contributed by atoms with E-state index in [4.69, 9.17) is 33.0 Å². The molecule has 0 radical (unpaired) electrons. The molecule has 0 bridgehead atoms. The summed E-state index contributed by atoms with van der Waals surface area (Å²) in [5, 5.41) is 8.97. The van der Waals surface area contributed by atoms with Crippen LogP contribution in [-0.4, -0.2) is 58.8 Å². The second-order valence-corrected chi connectivity index (χ2v) is 7.24. The Hall–Kier alpha value is 0.610. The van der Waals surface area contributed by atoms with Crippen molar-refractivity contribution in [3.63, 3.8) is 0 Å². The molecule has 1 fully saturated rings. The van der Waals surface area contributed by atoms with E-state index >= 15 is 0 Å². The summed E-state index contributed by atoms with van der Waals surface area (Å²) in [5.74, 6) is 0.656. The normalized spacial score (nSPS) is 29.0. The summed E-state index contributed by atoms with van der Waals surface area (Å²) in [4.78, 5) is 4.44. The van der Waals surface area contributed by atoms with E-state index in [1.165, 1.54) is 0 Å². The second kappa shape index (κ2) is 8.80. The molecular weight excluding hydrogens is 314 g/mol. The average molecular weight is 335 g/mol. The van der Waals surface area contributed by atoms with Crippen LogP contribution in [0.1, 0.15) is 19.8 Å².